The highest BCUT2D eigenvalue weighted by atomic mass is 16.7. The van der Waals surface area contributed by atoms with Gasteiger partial charge in [-0.15, -0.1) is 0 Å². The number of esters is 1. The van der Waals surface area contributed by atoms with E-state index in [1.54, 1.807) is 6.92 Å². The largest absolute Gasteiger partial charge is 0.431 e. The highest BCUT2D eigenvalue weighted by Crippen LogP contribution is 2.27. The summed E-state index contributed by atoms with van der Waals surface area (Å²) in [5.41, 5.74) is 0. The molecule has 0 radical (unpaired) electrons. The molecule has 12 heavy (non-hydrogen) atoms. The first-order valence-corrected chi connectivity index (χ1v) is 4.30. The fraction of sp³-hybridized carbons (Fsp3) is 0.875. The summed E-state index contributed by atoms with van der Waals surface area (Å²) in [7, 11) is 0. The molecule has 0 spiro atoms. The van der Waals surface area contributed by atoms with E-state index in [2.05, 4.69) is 5.32 Å². The normalized spacial score (nSPS) is 35.2. The molecule has 0 aromatic carbocycles. The van der Waals surface area contributed by atoms with E-state index in [0.717, 1.165) is 6.54 Å². The molecule has 0 amide bonds. The van der Waals surface area contributed by atoms with Gasteiger partial charge in [0.2, 0.25) is 5.79 Å². The lowest BCUT2D eigenvalue weighted by atomic mass is 10.0. The predicted octanol–water partition coefficient (Wildman–Crippen LogP) is 0.01000. The molecule has 0 saturated carbocycles. The zero-order chi connectivity index (χ0) is 9.19. The number of ether oxygens (including phenoxy) is 1. The molecule has 1 saturated heterocycles. The highest BCUT2D eigenvalue weighted by molar-refractivity contribution is 5.73. The van der Waals surface area contributed by atoms with E-state index >= 15 is 0 Å². The fourth-order valence-corrected chi connectivity index (χ4v) is 1.43. The van der Waals surface area contributed by atoms with Gasteiger partial charge in [-0.2, -0.15) is 0 Å². The number of nitrogens with one attached hydrogen (secondary N) is 1. The lowest BCUT2D eigenvalue weighted by Gasteiger charge is -2.26. The lowest BCUT2D eigenvalue weighted by molar-refractivity contribution is -0.195. The number of hydrogen-bond donors (Lipinski definition) is 2. The third-order valence-corrected chi connectivity index (χ3v) is 2.16. The highest BCUT2D eigenvalue weighted by Gasteiger charge is 2.46. The standard InChI is InChI=1S/C8H15NO3/c1-3-8(11)6(9-4-2)5-7(10)12-8/h6,9,11H,3-5H2,1-2H3. The fourth-order valence-electron chi connectivity index (χ4n) is 1.43. The quantitative estimate of drug-likeness (QED) is 0.590. The van der Waals surface area contributed by atoms with Crippen molar-refractivity contribution in [3.63, 3.8) is 0 Å². The van der Waals surface area contributed by atoms with Crippen molar-refractivity contribution < 1.29 is 14.6 Å². The summed E-state index contributed by atoms with van der Waals surface area (Å²) in [4.78, 5) is 10.9. The minimum atomic E-state index is -1.28. The maximum atomic E-state index is 10.9. The Bertz CT molecular complexity index is 183. The number of hydrogen-bond acceptors (Lipinski definition) is 4. The molecule has 2 atom stereocenters. The summed E-state index contributed by atoms with van der Waals surface area (Å²) in [5, 5.41) is 12.8. The second-order valence-electron chi connectivity index (χ2n) is 2.99. The van der Waals surface area contributed by atoms with E-state index in [1.165, 1.54) is 0 Å². The van der Waals surface area contributed by atoms with Crippen LogP contribution in [-0.4, -0.2) is 29.4 Å². The van der Waals surface area contributed by atoms with Gasteiger partial charge >= 0.3 is 5.97 Å². The summed E-state index contributed by atoms with van der Waals surface area (Å²) >= 11 is 0. The zero-order valence-electron chi connectivity index (χ0n) is 7.46. The zero-order valence-corrected chi connectivity index (χ0v) is 7.46. The first-order chi connectivity index (χ1) is 5.62. The predicted molar refractivity (Wildman–Crippen MR) is 43.4 cm³/mol. The van der Waals surface area contributed by atoms with E-state index in [9.17, 15) is 9.90 Å². The van der Waals surface area contributed by atoms with Crippen molar-refractivity contribution in [2.75, 3.05) is 6.54 Å². The van der Waals surface area contributed by atoms with Gasteiger partial charge in [0.1, 0.15) is 0 Å². The molecule has 2 N–H and O–H groups in total. The average Bonchev–Trinajstić information content (AvgIpc) is 2.29. The summed E-state index contributed by atoms with van der Waals surface area (Å²) < 4.78 is 4.82. The number of carbonyl (C=O) groups is 1. The molecule has 1 fully saturated rings. The lowest BCUT2D eigenvalue weighted by Crippen LogP contribution is -2.47. The maximum absolute atomic E-state index is 10.9. The van der Waals surface area contributed by atoms with Crippen LogP contribution in [0.4, 0.5) is 0 Å². The molecule has 4 heteroatoms. The third-order valence-electron chi connectivity index (χ3n) is 2.16. The molecule has 1 aliphatic heterocycles. The first-order valence-electron chi connectivity index (χ1n) is 4.30. The van der Waals surface area contributed by atoms with E-state index < -0.39 is 5.79 Å². The smallest absolute Gasteiger partial charge is 0.310 e. The van der Waals surface area contributed by atoms with Crippen LogP contribution in [0.3, 0.4) is 0 Å². The van der Waals surface area contributed by atoms with E-state index in [4.69, 9.17) is 4.74 Å². The van der Waals surface area contributed by atoms with Crippen LogP contribution in [-0.2, 0) is 9.53 Å². The van der Waals surface area contributed by atoms with Crippen molar-refractivity contribution in [3.8, 4) is 0 Å². The Kier molecular flexibility index (Phi) is 2.69. The van der Waals surface area contributed by atoms with Gasteiger partial charge in [0.15, 0.2) is 0 Å². The molecule has 70 valence electrons. The van der Waals surface area contributed by atoms with E-state index in [-0.39, 0.29) is 18.4 Å². The van der Waals surface area contributed by atoms with Crippen LogP contribution >= 0.6 is 0 Å². The summed E-state index contributed by atoms with van der Waals surface area (Å²) in [5.74, 6) is -1.61. The van der Waals surface area contributed by atoms with Crippen molar-refractivity contribution in [2.24, 2.45) is 0 Å². The molecule has 1 aliphatic rings. The monoisotopic (exact) mass is 173 g/mol. The van der Waals surface area contributed by atoms with Crippen LogP contribution in [0.15, 0.2) is 0 Å². The molecule has 4 nitrogen and oxygen atoms in total. The molecule has 0 aliphatic carbocycles. The Morgan fingerprint density at radius 1 is 1.75 bits per heavy atom. The van der Waals surface area contributed by atoms with Crippen molar-refractivity contribution in [2.45, 2.75) is 38.5 Å². The average molecular weight is 173 g/mol. The molecular weight excluding hydrogens is 158 g/mol. The molecule has 0 aromatic rings. The Labute approximate surface area is 71.9 Å². The second-order valence-corrected chi connectivity index (χ2v) is 2.99. The number of carbonyl (C=O) groups excluding carboxylic acids is 1. The Hall–Kier alpha value is -0.610. The van der Waals surface area contributed by atoms with E-state index in [0.29, 0.717) is 6.42 Å². The van der Waals surface area contributed by atoms with Crippen molar-refractivity contribution in [3.05, 3.63) is 0 Å². The van der Waals surface area contributed by atoms with Crippen molar-refractivity contribution >= 4 is 5.97 Å². The van der Waals surface area contributed by atoms with Gasteiger partial charge in [-0.25, -0.2) is 0 Å². The van der Waals surface area contributed by atoms with Crippen LogP contribution < -0.4 is 5.32 Å². The molecule has 1 heterocycles. The summed E-state index contributed by atoms with van der Waals surface area (Å²) in [6, 6.07) is -0.250. The molecule has 0 bridgehead atoms. The molecule has 1 rings (SSSR count). The SMILES string of the molecule is CCNC1CC(=O)OC1(O)CC. The molecule has 0 aromatic heterocycles. The van der Waals surface area contributed by atoms with Crippen molar-refractivity contribution in [1.29, 1.82) is 0 Å². The Morgan fingerprint density at radius 3 is 2.92 bits per heavy atom. The number of likely N-dealkylation sites (N-methyl/N-ethyl adjacent to an activating group) is 1. The van der Waals surface area contributed by atoms with Crippen LogP contribution in [0, 0.1) is 0 Å². The number of rotatable bonds is 3. The summed E-state index contributed by atoms with van der Waals surface area (Å²) in [6.07, 6.45) is 0.689. The second kappa shape index (κ2) is 3.41. The summed E-state index contributed by atoms with van der Waals surface area (Å²) in [6.45, 7) is 4.45. The van der Waals surface area contributed by atoms with Gasteiger partial charge in [0.05, 0.1) is 12.5 Å². The van der Waals surface area contributed by atoms with Crippen LogP contribution in [0.1, 0.15) is 26.7 Å². The van der Waals surface area contributed by atoms with Crippen LogP contribution in [0.2, 0.25) is 0 Å². The minimum absolute atomic E-state index is 0.250. The van der Waals surface area contributed by atoms with Gasteiger partial charge in [-0.3, -0.25) is 4.79 Å². The van der Waals surface area contributed by atoms with Gasteiger partial charge in [-0.1, -0.05) is 13.8 Å². The maximum Gasteiger partial charge on any atom is 0.310 e. The first kappa shape index (κ1) is 9.48. The van der Waals surface area contributed by atoms with Crippen LogP contribution in [0.25, 0.3) is 0 Å². The van der Waals surface area contributed by atoms with Gasteiger partial charge in [-0.05, 0) is 6.54 Å². The number of cyclic esters (lactones) is 1. The van der Waals surface area contributed by atoms with E-state index in [1.807, 2.05) is 6.92 Å². The van der Waals surface area contributed by atoms with Gasteiger partial charge in [0.25, 0.3) is 0 Å². The molecular formula is C8H15NO3. The van der Waals surface area contributed by atoms with Crippen LogP contribution in [0.5, 0.6) is 0 Å². The van der Waals surface area contributed by atoms with Gasteiger partial charge < -0.3 is 15.2 Å². The van der Waals surface area contributed by atoms with Gasteiger partial charge in [0, 0.05) is 6.42 Å². The molecule has 2 unspecified atom stereocenters. The Morgan fingerprint density at radius 2 is 2.42 bits per heavy atom. The third kappa shape index (κ3) is 1.59. The Balaban J connectivity index is 2.65. The number of aliphatic hydroxyl groups is 1. The minimum Gasteiger partial charge on any atom is -0.431 e. The topological polar surface area (TPSA) is 58.6 Å². The van der Waals surface area contributed by atoms with Crippen molar-refractivity contribution in [1.82, 2.24) is 5.32 Å².